The van der Waals surface area contributed by atoms with Crippen molar-refractivity contribution in [2.45, 2.75) is 38.3 Å². The molecule has 0 unspecified atom stereocenters. The minimum Gasteiger partial charge on any atom is -0.478 e. The minimum absolute atomic E-state index is 0.203. The van der Waals surface area contributed by atoms with Crippen LogP contribution in [0.3, 0.4) is 0 Å². The molecule has 0 atom stereocenters. The third-order valence-corrected chi connectivity index (χ3v) is 3.63. The van der Waals surface area contributed by atoms with Crippen LogP contribution in [0.5, 0.6) is 0 Å². The number of aliphatic hydroxyl groups excluding tert-OH is 1. The molecule has 0 aliphatic heterocycles. The van der Waals surface area contributed by atoms with Crippen molar-refractivity contribution in [2.75, 3.05) is 13.2 Å². The molecule has 1 saturated carbocycles. The Balaban J connectivity index is 1.97. The molecule has 0 spiro atoms. The highest BCUT2D eigenvalue weighted by Gasteiger charge is 2.24. The molecule has 1 aliphatic carbocycles. The van der Waals surface area contributed by atoms with Gasteiger partial charge in [-0.2, -0.15) is 0 Å². The Morgan fingerprint density at radius 2 is 2.21 bits per heavy atom. The topological polar surface area (TPSA) is 73.7 Å². The summed E-state index contributed by atoms with van der Waals surface area (Å²) >= 11 is 0. The average Bonchev–Trinajstić information content (AvgIpc) is 2.34. The van der Waals surface area contributed by atoms with E-state index in [9.17, 15) is 4.79 Å². The molecular formula is C14H20N2O3. The van der Waals surface area contributed by atoms with Crippen molar-refractivity contribution < 1.29 is 15.0 Å². The summed E-state index contributed by atoms with van der Waals surface area (Å²) in [4.78, 5) is 17.3. The summed E-state index contributed by atoms with van der Waals surface area (Å²) in [5, 5.41) is 17.8. The summed E-state index contributed by atoms with van der Waals surface area (Å²) in [7, 11) is 0. The summed E-state index contributed by atoms with van der Waals surface area (Å²) in [6, 6.07) is 3.96. The largest absolute Gasteiger partial charge is 0.478 e. The number of aromatic carboxylic acids is 1. The Hall–Kier alpha value is -1.46. The Bertz CT molecular complexity index is 415. The zero-order chi connectivity index (χ0) is 13.7. The molecule has 0 saturated heterocycles. The first-order chi connectivity index (χ1) is 9.20. The molecule has 0 aromatic carbocycles. The van der Waals surface area contributed by atoms with Crippen LogP contribution in [-0.4, -0.2) is 45.3 Å². The SMILES string of the molecule is O=C(O)c1ccc(CN(CCCO)C2CCC2)nc1. The summed E-state index contributed by atoms with van der Waals surface area (Å²) in [5.41, 5.74) is 1.10. The molecule has 1 aromatic heterocycles. The van der Waals surface area contributed by atoms with E-state index in [1.807, 2.05) is 0 Å². The van der Waals surface area contributed by atoms with Crippen LogP contribution in [0.2, 0.25) is 0 Å². The maximum absolute atomic E-state index is 10.8. The van der Waals surface area contributed by atoms with Gasteiger partial charge in [-0.05, 0) is 31.4 Å². The highest BCUT2D eigenvalue weighted by molar-refractivity contribution is 5.87. The normalized spacial score (nSPS) is 15.5. The van der Waals surface area contributed by atoms with Crippen LogP contribution in [0.15, 0.2) is 18.3 Å². The molecule has 104 valence electrons. The second-order valence-corrected chi connectivity index (χ2v) is 4.98. The molecule has 1 aliphatic rings. The first-order valence-electron chi connectivity index (χ1n) is 6.74. The van der Waals surface area contributed by atoms with Gasteiger partial charge in [0.25, 0.3) is 0 Å². The Morgan fingerprint density at radius 1 is 1.42 bits per heavy atom. The molecule has 1 fully saturated rings. The zero-order valence-corrected chi connectivity index (χ0v) is 11.0. The fraction of sp³-hybridized carbons (Fsp3) is 0.571. The number of carboxylic acids is 1. The minimum atomic E-state index is -0.949. The smallest absolute Gasteiger partial charge is 0.337 e. The van der Waals surface area contributed by atoms with Crippen LogP contribution in [-0.2, 0) is 6.54 Å². The number of hydrogen-bond donors (Lipinski definition) is 2. The van der Waals surface area contributed by atoms with Crippen molar-refractivity contribution in [2.24, 2.45) is 0 Å². The van der Waals surface area contributed by atoms with E-state index >= 15 is 0 Å². The van der Waals surface area contributed by atoms with E-state index in [4.69, 9.17) is 10.2 Å². The number of nitrogens with zero attached hydrogens (tertiary/aromatic N) is 2. The van der Waals surface area contributed by atoms with Crippen LogP contribution in [0.4, 0.5) is 0 Å². The highest BCUT2D eigenvalue weighted by atomic mass is 16.4. The molecule has 0 amide bonds. The quantitative estimate of drug-likeness (QED) is 0.781. The summed E-state index contributed by atoms with van der Waals surface area (Å²) in [5.74, 6) is -0.949. The Labute approximate surface area is 112 Å². The van der Waals surface area contributed by atoms with Crippen LogP contribution < -0.4 is 0 Å². The summed E-state index contributed by atoms with van der Waals surface area (Å²) < 4.78 is 0. The van der Waals surface area contributed by atoms with Crippen LogP contribution in [0, 0.1) is 0 Å². The van der Waals surface area contributed by atoms with Crippen molar-refractivity contribution in [3.63, 3.8) is 0 Å². The van der Waals surface area contributed by atoms with Crippen LogP contribution in [0.1, 0.15) is 41.7 Å². The number of hydrogen-bond acceptors (Lipinski definition) is 4. The molecule has 5 heteroatoms. The van der Waals surface area contributed by atoms with Crippen molar-refractivity contribution in [3.05, 3.63) is 29.6 Å². The predicted octanol–water partition coefficient (Wildman–Crippen LogP) is 1.52. The lowest BCUT2D eigenvalue weighted by Gasteiger charge is -2.37. The summed E-state index contributed by atoms with van der Waals surface area (Å²) in [6.07, 6.45) is 5.86. The maximum Gasteiger partial charge on any atom is 0.337 e. The standard InChI is InChI=1S/C14H20N2O3/c17-8-2-7-16(13-3-1-4-13)10-12-6-5-11(9-15-12)14(18)19/h5-6,9,13,17H,1-4,7-8,10H2,(H,18,19). The van der Waals surface area contributed by atoms with E-state index in [1.54, 1.807) is 12.1 Å². The number of pyridine rings is 1. The van der Waals surface area contributed by atoms with Crippen molar-refractivity contribution in [3.8, 4) is 0 Å². The van der Waals surface area contributed by atoms with E-state index in [0.717, 1.165) is 25.2 Å². The third-order valence-electron chi connectivity index (χ3n) is 3.63. The second kappa shape index (κ2) is 6.63. The first kappa shape index (κ1) is 14.0. The number of carboxylic acid groups (broad SMARTS) is 1. The molecule has 0 radical (unpaired) electrons. The first-order valence-corrected chi connectivity index (χ1v) is 6.74. The molecule has 1 heterocycles. The lowest BCUT2D eigenvalue weighted by molar-refractivity contribution is 0.0696. The molecule has 5 nitrogen and oxygen atoms in total. The van der Waals surface area contributed by atoms with Gasteiger partial charge in [0.05, 0.1) is 11.3 Å². The van der Waals surface area contributed by atoms with Gasteiger partial charge in [0.15, 0.2) is 0 Å². The van der Waals surface area contributed by atoms with Crippen LogP contribution in [0.25, 0.3) is 0 Å². The average molecular weight is 264 g/mol. The van der Waals surface area contributed by atoms with Gasteiger partial charge in [0, 0.05) is 31.9 Å². The van der Waals surface area contributed by atoms with E-state index in [1.165, 1.54) is 25.5 Å². The zero-order valence-electron chi connectivity index (χ0n) is 11.0. The fourth-order valence-corrected chi connectivity index (χ4v) is 2.27. The highest BCUT2D eigenvalue weighted by Crippen LogP contribution is 2.26. The maximum atomic E-state index is 10.8. The molecular weight excluding hydrogens is 244 g/mol. The number of aromatic nitrogens is 1. The lowest BCUT2D eigenvalue weighted by Crippen LogP contribution is -2.40. The number of aliphatic hydroxyl groups is 1. The van der Waals surface area contributed by atoms with Gasteiger partial charge in [-0.1, -0.05) is 6.42 Å². The molecule has 0 bridgehead atoms. The lowest BCUT2D eigenvalue weighted by atomic mass is 9.91. The number of rotatable bonds is 7. The molecule has 19 heavy (non-hydrogen) atoms. The fourth-order valence-electron chi connectivity index (χ4n) is 2.27. The third kappa shape index (κ3) is 3.75. The van der Waals surface area contributed by atoms with E-state index in [0.29, 0.717) is 6.04 Å². The van der Waals surface area contributed by atoms with Gasteiger partial charge in [-0.25, -0.2) is 4.79 Å². The Morgan fingerprint density at radius 3 is 2.68 bits per heavy atom. The molecule has 2 N–H and O–H groups in total. The van der Waals surface area contributed by atoms with Crippen molar-refractivity contribution in [1.29, 1.82) is 0 Å². The predicted molar refractivity (Wildman–Crippen MR) is 70.9 cm³/mol. The van der Waals surface area contributed by atoms with E-state index in [2.05, 4.69) is 9.88 Å². The monoisotopic (exact) mass is 264 g/mol. The van der Waals surface area contributed by atoms with Gasteiger partial charge in [-0.3, -0.25) is 9.88 Å². The van der Waals surface area contributed by atoms with E-state index < -0.39 is 5.97 Å². The van der Waals surface area contributed by atoms with Crippen molar-refractivity contribution in [1.82, 2.24) is 9.88 Å². The number of carbonyl (C=O) groups is 1. The van der Waals surface area contributed by atoms with E-state index in [-0.39, 0.29) is 12.2 Å². The van der Waals surface area contributed by atoms with Gasteiger partial charge in [-0.15, -0.1) is 0 Å². The molecule has 2 rings (SSSR count). The summed E-state index contributed by atoms with van der Waals surface area (Å²) in [6.45, 7) is 1.79. The second-order valence-electron chi connectivity index (χ2n) is 4.98. The Kier molecular flexibility index (Phi) is 4.87. The molecule has 1 aromatic rings. The van der Waals surface area contributed by atoms with Crippen molar-refractivity contribution >= 4 is 5.97 Å². The van der Waals surface area contributed by atoms with Crippen LogP contribution >= 0.6 is 0 Å². The van der Waals surface area contributed by atoms with Gasteiger partial charge in [0.1, 0.15) is 0 Å². The van der Waals surface area contributed by atoms with Gasteiger partial charge >= 0.3 is 5.97 Å². The van der Waals surface area contributed by atoms with Gasteiger partial charge < -0.3 is 10.2 Å². The van der Waals surface area contributed by atoms with Gasteiger partial charge in [0.2, 0.25) is 0 Å².